The van der Waals surface area contributed by atoms with Crippen molar-refractivity contribution in [3.05, 3.63) is 22.4 Å². The van der Waals surface area contributed by atoms with Crippen LogP contribution >= 0.6 is 23.4 Å². The SMILES string of the molecule is CN(Cl)C=C1CCC(C=[N+](C)C)=C1Cl. The van der Waals surface area contributed by atoms with Crippen LogP contribution in [0.15, 0.2) is 22.4 Å². The predicted molar refractivity (Wildman–Crippen MR) is 62.0 cm³/mol. The number of allylic oxidation sites excluding steroid dienone is 3. The van der Waals surface area contributed by atoms with E-state index in [1.54, 1.807) is 7.05 Å². The molecule has 1 aliphatic rings. The van der Waals surface area contributed by atoms with E-state index in [4.69, 9.17) is 23.4 Å². The van der Waals surface area contributed by atoms with Crippen LogP contribution in [0.3, 0.4) is 0 Å². The van der Waals surface area contributed by atoms with Crippen molar-refractivity contribution in [2.24, 2.45) is 0 Å². The van der Waals surface area contributed by atoms with E-state index in [-0.39, 0.29) is 0 Å². The van der Waals surface area contributed by atoms with Crippen molar-refractivity contribution >= 4 is 29.6 Å². The standard InChI is InChI=1S/C10H15Cl2N2/c1-13(2)6-8-4-5-9(10(8)11)7-14(3)12/h6-7H,4-5H2,1-3H3/q+1. The molecule has 78 valence electrons. The summed E-state index contributed by atoms with van der Waals surface area (Å²) in [6, 6.07) is 0. The first-order valence-corrected chi connectivity index (χ1v) is 5.22. The van der Waals surface area contributed by atoms with E-state index < -0.39 is 0 Å². The molecule has 0 atom stereocenters. The molecule has 0 saturated heterocycles. The van der Waals surface area contributed by atoms with Crippen LogP contribution in [-0.2, 0) is 0 Å². The molecule has 4 heteroatoms. The molecule has 0 aromatic rings. The molecule has 0 amide bonds. The van der Waals surface area contributed by atoms with E-state index in [9.17, 15) is 0 Å². The number of halogens is 2. The van der Waals surface area contributed by atoms with Gasteiger partial charge in [0, 0.05) is 30.6 Å². The summed E-state index contributed by atoms with van der Waals surface area (Å²) in [6.07, 6.45) is 5.88. The van der Waals surface area contributed by atoms with Gasteiger partial charge in [0.05, 0.1) is 5.03 Å². The van der Waals surface area contributed by atoms with Gasteiger partial charge in [0.1, 0.15) is 14.1 Å². The fraction of sp³-hybridized carbons (Fsp3) is 0.500. The zero-order valence-electron chi connectivity index (χ0n) is 8.72. The van der Waals surface area contributed by atoms with Crippen LogP contribution in [0.2, 0.25) is 0 Å². The normalized spacial score (nSPS) is 19.1. The van der Waals surface area contributed by atoms with Gasteiger partial charge >= 0.3 is 0 Å². The zero-order valence-corrected chi connectivity index (χ0v) is 10.2. The molecule has 0 aromatic carbocycles. The summed E-state index contributed by atoms with van der Waals surface area (Å²) in [5.74, 6) is 0. The first-order valence-electron chi connectivity index (χ1n) is 4.50. The minimum atomic E-state index is 0.839. The second kappa shape index (κ2) is 4.85. The molecule has 0 bridgehead atoms. The van der Waals surface area contributed by atoms with Crippen LogP contribution in [-0.4, -0.2) is 36.4 Å². The Labute approximate surface area is 95.2 Å². The van der Waals surface area contributed by atoms with Crippen molar-refractivity contribution in [1.82, 2.24) is 4.42 Å². The van der Waals surface area contributed by atoms with Gasteiger partial charge in [-0.15, -0.1) is 0 Å². The van der Waals surface area contributed by atoms with Crippen LogP contribution in [0.1, 0.15) is 12.8 Å². The van der Waals surface area contributed by atoms with Crippen molar-refractivity contribution in [3.63, 3.8) is 0 Å². The first kappa shape index (κ1) is 11.6. The van der Waals surface area contributed by atoms with Gasteiger partial charge in [-0.3, -0.25) is 4.42 Å². The molecule has 0 saturated carbocycles. The molecular formula is C10H15Cl2N2+. The molecule has 2 nitrogen and oxygen atoms in total. The summed E-state index contributed by atoms with van der Waals surface area (Å²) in [5, 5.41) is 0.839. The molecule has 0 radical (unpaired) electrons. The van der Waals surface area contributed by atoms with Crippen molar-refractivity contribution < 1.29 is 4.58 Å². The van der Waals surface area contributed by atoms with E-state index in [0.717, 1.165) is 23.4 Å². The molecule has 1 rings (SSSR count). The molecule has 14 heavy (non-hydrogen) atoms. The van der Waals surface area contributed by atoms with Gasteiger partial charge in [0.25, 0.3) is 0 Å². The third kappa shape index (κ3) is 3.03. The smallest absolute Gasteiger partial charge is 0.167 e. The van der Waals surface area contributed by atoms with Crippen LogP contribution < -0.4 is 0 Å². The molecule has 0 heterocycles. The summed E-state index contributed by atoms with van der Waals surface area (Å²) < 4.78 is 3.52. The summed E-state index contributed by atoms with van der Waals surface area (Å²) in [4.78, 5) is 0. The largest absolute Gasteiger partial charge is 0.295 e. The van der Waals surface area contributed by atoms with E-state index in [0.29, 0.717) is 0 Å². The maximum Gasteiger partial charge on any atom is 0.167 e. The highest BCUT2D eigenvalue weighted by atomic mass is 35.5. The van der Waals surface area contributed by atoms with Crippen molar-refractivity contribution in [3.8, 4) is 0 Å². The molecule has 0 N–H and O–H groups in total. The van der Waals surface area contributed by atoms with Gasteiger partial charge in [-0.05, 0) is 18.4 Å². The predicted octanol–water partition coefficient (Wildman–Crippen LogP) is 2.59. The van der Waals surface area contributed by atoms with E-state index in [1.165, 1.54) is 9.99 Å². The van der Waals surface area contributed by atoms with Crippen molar-refractivity contribution in [2.75, 3.05) is 21.1 Å². The number of hydrogen-bond acceptors (Lipinski definition) is 1. The lowest BCUT2D eigenvalue weighted by atomic mass is 10.2. The number of hydrogen-bond donors (Lipinski definition) is 0. The van der Waals surface area contributed by atoms with Crippen LogP contribution in [0.25, 0.3) is 0 Å². The van der Waals surface area contributed by atoms with Gasteiger partial charge in [0.15, 0.2) is 6.21 Å². The van der Waals surface area contributed by atoms with Gasteiger partial charge in [-0.2, -0.15) is 0 Å². The molecule has 0 aliphatic heterocycles. The maximum atomic E-state index is 6.20. The second-order valence-corrected chi connectivity index (χ2v) is 4.52. The monoisotopic (exact) mass is 233 g/mol. The van der Waals surface area contributed by atoms with E-state index >= 15 is 0 Å². The Balaban J connectivity index is 2.91. The highest BCUT2D eigenvalue weighted by molar-refractivity contribution is 6.34. The fourth-order valence-electron chi connectivity index (χ4n) is 1.46. The average molecular weight is 234 g/mol. The molecule has 0 fully saturated rings. The minimum absolute atomic E-state index is 0.839. The molecular weight excluding hydrogens is 219 g/mol. The van der Waals surface area contributed by atoms with Gasteiger partial charge in [-0.25, -0.2) is 4.58 Å². The summed E-state index contributed by atoms with van der Waals surface area (Å²) >= 11 is 11.9. The third-order valence-electron chi connectivity index (χ3n) is 1.98. The summed E-state index contributed by atoms with van der Waals surface area (Å²) in [6.45, 7) is 0. The van der Waals surface area contributed by atoms with Gasteiger partial charge in [-0.1, -0.05) is 11.6 Å². The Hall–Kier alpha value is -0.470. The van der Waals surface area contributed by atoms with Crippen LogP contribution in [0.5, 0.6) is 0 Å². The highest BCUT2D eigenvalue weighted by Gasteiger charge is 2.19. The Kier molecular flexibility index (Phi) is 4.02. The van der Waals surface area contributed by atoms with Crippen molar-refractivity contribution in [1.29, 1.82) is 0 Å². The number of rotatable bonds is 2. The lowest BCUT2D eigenvalue weighted by Crippen LogP contribution is -2.00. The van der Waals surface area contributed by atoms with Crippen molar-refractivity contribution in [2.45, 2.75) is 12.8 Å². The Morgan fingerprint density at radius 2 is 2.00 bits per heavy atom. The highest BCUT2D eigenvalue weighted by Crippen LogP contribution is 2.33. The van der Waals surface area contributed by atoms with E-state index in [1.807, 2.05) is 24.9 Å². The Morgan fingerprint density at radius 3 is 2.50 bits per heavy atom. The van der Waals surface area contributed by atoms with E-state index in [2.05, 4.69) is 6.21 Å². The van der Waals surface area contributed by atoms with Crippen LogP contribution in [0.4, 0.5) is 0 Å². The summed E-state index contributed by atoms with van der Waals surface area (Å²) in [5.41, 5.74) is 2.29. The fourth-order valence-corrected chi connectivity index (χ4v) is 1.87. The van der Waals surface area contributed by atoms with Gasteiger partial charge < -0.3 is 0 Å². The first-order chi connectivity index (χ1) is 6.50. The third-order valence-corrected chi connectivity index (χ3v) is 2.56. The van der Waals surface area contributed by atoms with Crippen LogP contribution in [0, 0.1) is 0 Å². The summed E-state index contributed by atoms with van der Waals surface area (Å²) in [7, 11) is 5.77. The molecule has 0 unspecified atom stereocenters. The minimum Gasteiger partial charge on any atom is -0.295 e. The lowest BCUT2D eigenvalue weighted by molar-refractivity contribution is -0.459. The Bertz CT molecular complexity index is 310. The Morgan fingerprint density at radius 1 is 1.36 bits per heavy atom. The topological polar surface area (TPSA) is 6.25 Å². The van der Waals surface area contributed by atoms with Gasteiger partial charge in [0.2, 0.25) is 0 Å². The number of nitrogens with zero attached hydrogens (tertiary/aromatic N) is 2. The quantitative estimate of drug-likeness (QED) is 0.404. The molecule has 0 spiro atoms. The zero-order chi connectivity index (χ0) is 10.7. The maximum absolute atomic E-state index is 6.20. The molecule has 1 aliphatic carbocycles. The second-order valence-electron chi connectivity index (χ2n) is 3.61. The average Bonchev–Trinajstić information content (AvgIpc) is 2.34. The lowest BCUT2D eigenvalue weighted by Gasteiger charge is -2.03. The molecule has 0 aromatic heterocycles.